The van der Waals surface area contributed by atoms with Crippen LogP contribution < -0.4 is 0 Å². The number of aliphatic hydroxyl groups is 1. The molecule has 5 heteroatoms. The summed E-state index contributed by atoms with van der Waals surface area (Å²) in [6.07, 6.45) is 15.2. The van der Waals surface area contributed by atoms with Crippen LogP contribution in [-0.2, 0) is 8.85 Å². The molecule has 0 aromatic carbocycles. The highest BCUT2D eigenvalue weighted by molar-refractivity contribution is 6.74. The lowest BCUT2D eigenvalue weighted by molar-refractivity contribution is 0.0225. The molecule has 3 fully saturated rings. The first-order chi connectivity index (χ1) is 19.1. The topological polar surface area (TPSA) is 38.7 Å². The Hall–Kier alpha value is -0.726. The maximum atomic E-state index is 10.8. The zero-order valence-electron chi connectivity index (χ0n) is 29.5. The number of allylic oxidation sites excluding steroid dienone is 3. The third-order valence-electron chi connectivity index (χ3n) is 12.4. The molecule has 1 N–H and O–H groups in total. The van der Waals surface area contributed by atoms with Crippen LogP contribution in [-0.4, -0.2) is 40.1 Å². The van der Waals surface area contributed by atoms with Gasteiger partial charge in [0.1, 0.15) is 0 Å². The Morgan fingerprint density at radius 1 is 1.00 bits per heavy atom. The summed E-state index contributed by atoms with van der Waals surface area (Å²) in [7, 11) is -3.91. The molecule has 0 amide bonds. The van der Waals surface area contributed by atoms with Gasteiger partial charge in [0, 0.05) is 6.42 Å². The smallest absolute Gasteiger partial charge is 0.192 e. The van der Waals surface area contributed by atoms with Gasteiger partial charge in [-0.2, -0.15) is 0 Å². The molecule has 3 unspecified atom stereocenters. The van der Waals surface area contributed by atoms with Crippen molar-refractivity contribution in [3.05, 3.63) is 48.1 Å². The predicted molar refractivity (Wildman–Crippen MR) is 187 cm³/mol. The molecule has 3 rings (SSSR count). The van der Waals surface area contributed by atoms with Crippen molar-refractivity contribution in [1.29, 1.82) is 0 Å². The van der Waals surface area contributed by atoms with Gasteiger partial charge >= 0.3 is 0 Å². The van der Waals surface area contributed by atoms with E-state index >= 15 is 0 Å². The van der Waals surface area contributed by atoms with Crippen molar-refractivity contribution in [3.63, 3.8) is 0 Å². The molecule has 0 aromatic heterocycles. The van der Waals surface area contributed by atoms with Gasteiger partial charge in [-0.25, -0.2) is 0 Å². The van der Waals surface area contributed by atoms with Crippen LogP contribution in [0.15, 0.2) is 48.1 Å². The quantitative estimate of drug-likeness (QED) is 0.207. The summed E-state index contributed by atoms with van der Waals surface area (Å²) in [4.78, 5) is 0. The molecule has 240 valence electrons. The Morgan fingerprint density at radius 3 is 2.17 bits per heavy atom. The molecule has 0 bridgehead atoms. The van der Waals surface area contributed by atoms with Gasteiger partial charge in [-0.05, 0) is 116 Å². The second-order valence-corrected chi connectivity index (χ2v) is 26.8. The SMILES string of the molecule is C=CCC(O)[C@H](C)C1CCC2/C(=C/C=C3\C[C@@H](O[Si](C)(C)C(C)(C)C)C[C@H](O[Si](C)(C)C(C)(C)C)C3=C)CCC[C@@]21C. The van der Waals surface area contributed by atoms with Gasteiger partial charge in [0.25, 0.3) is 0 Å². The molecule has 3 aliphatic rings. The highest BCUT2D eigenvalue weighted by Gasteiger charge is 2.51. The van der Waals surface area contributed by atoms with E-state index in [2.05, 4.69) is 107 Å². The number of fused-ring (bicyclic) bond motifs is 1. The van der Waals surface area contributed by atoms with Crippen molar-refractivity contribution in [2.24, 2.45) is 23.2 Å². The van der Waals surface area contributed by atoms with Crippen molar-refractivity contribution < 1.29 is 14.0 Å². The van der Waals surface area contributed by atoms with E-state index in [1.54, 1.807) is 5.57 Å². The van der Waals surface area contributed by atoms with Crippen LogP contribution in [0, 0.1) is 23.2 Å². The first-order valence-corrected chi connectivity index (χ1v) is 22.7. The fraction of sp³-hybridized carbons (Fsp3) is 0.784. The van der Waals surface area contributed by atoms with Gasteiger partial charge in [0.2, 0.25) is 0 Å². The number of aliphatic hydroxyl groups excluding tert-OH is 1. The van der Waals surface area contributed by atoms with E-state index in [9.17, 15) is 5.11 Å². The fourth-order valence-corrected chi connectivity index (χ4v) is 10.2. The van der Waals surface area contributed by atoms with Crippen LogP contribution in [0.3, 0.4) is 0 Å². The average molecular weight is 615 g/mol. The van der Waals surface area contributed by atoms with Gasteiger partial charge in [-0.1, -0.05) is 85.8 Å². The maximum absolute atomic E-state index is 10.8. The molecule has 3 nitrogen and oxygen atoms in total. The van der Waals surface area contributed by atoms with Crippen molar-refractivity contribution in [2.45, 2.75) is 161 Å². The van der Waals surface area contributed by atoms with Gasteiger partial charge in [-0.15, -0.1) is 6.58 Å². The van der Waals surface area contributed by atoms with Crippen LogP contribution in [0.4, 0.5) is 0 Å². The Kier molecular flexibility index (Phi) is 11.0. The fourth-order valence-electron chi connectivity index (χ4n) is 7.56. The van der Waals surface area contributed by atoms with Crippen LogP contribution >= 0.6 is 0 Å². The zero-order valence-corrected chi connectivity index (χ0v) is 31.5. The lowest BCUT2D eigenvalue weighted by atomic mass is 9.60. The standard InChI is InChI=1S/C37H66O3Si2/c1-15-17-33(38)27(3)31-21-22-32-28(18-16-23-37(31,32)10)19-20-29-24-30(39-41(11,12)35(4,5)6)25-34(26(29)2)40-42(13,14)36(7,8)9/h15,19-20,27,30-34,38H,1-2,16-18,21-25H2,3-14H3/b28-19+,29-20+/t27-,30-,31?,32?,33?,34+,37-/m1/s1. The first-order valence-electron chi connectivity index (χ1n) is 16.9. The third-order valence-corrected chi connectivity index (χ3v) is 21.4. The van der Waals surface area contributed by atoms with Crippen molar-refractivity contribution in [2.75, 3.05) is 0 Å². The van der Waals surface area contributed by atoms with Crippen molar-refractivity contribution in [3.8, 4) is 0 Å². The minimum Gasteiger partial charge on any atom is -0.413 e. The number of rotatable bonds is 9. The molecule has 0 aromatic rings. The molecule has 3 aliphatic carbocycles. The molecule has 0 heterocycles. The van der Waals surface area contributed by atoms with Crippen molar-refractivity contribution >= 4 is 16.6 Å². The molecule has 7 atom stereocenters. The molecule has 0 spiro atoms. The van der Waals surface area contributed by atoms with Crippen LogP contribution in [0.25, 0.3) is 0 Å². The van der Waals surface area contributed by atoms with E-state index < -0.39 is 16.6 Å². The van der Waals surface area contributed by atoms with Crippen LogP contribution in [0.5, 0.6) is 0 Å². The first kappa shape index (κ1) is 35.7. The van der Waals surface area contributed by atoms with E-state index in [0.717, 1.165) is 18.4 Å². The summed E-state index contributed by atoms with van der Waals surface area (Å²) in [5.74, 6) is 1.46. The normalized spacial score (nSPS) is 33.1. The summed E-state index contributed by atoms with van der Waals surface area (Å²) in [6.45, 7) is 36.7. The molecule has 0 saturated heterocycles. The number of hydrogen-bond acceptors (Lipinski definition) is 3. The summed E-state index contributed by atoms with van der Waals surface area (Å²) in [5, 5.41) is 11.2. The molecule has 3 saturated carbocycles. The highest BCUT2D eigenvalue weighted by atomic mass is 28.4. The molecule has 0 aliphatic heterocycles. The summed E-state index contributed by atoms with van der Waals surface area (Å²) in [6, 6.07) is 0. The average Bonchev–Trinajstić information content (AvgIpc) is 3.20. The van der Waals surface area contributed by atoms with E-state index in [1.807, 2.05) is 6.08 Å². The van der Waals surface area contributed by atoms with Crippen LogP contribution in [0.1, 0.15) is 107 Å². The van der Waals surface area contributed by atoms with Gasteiger partial charge in [0.15, 0.2) is 16.6 Å². The summed E-state index contributed by atoms with van der Waals surface area (Å²) < 4.78 is 14.1. The largest absolute Gasteiger partial charge is 0.413 e. The Labute approximate surface area is 262 Å². The maximum Gasteiger partial charge on any atom is 0.192 e. The second kappa shape index (κ2) is 12.9. The molecule has 42 heavy (non-hydrogen) atoms. The minimum absolute atomic E-state index is 0.0127. The summed E-state index contributed by atoms with van der Waals surface area (Å²) >= 11 is 0. The minimum atomic E-state index is -1.98. The molecular formula is C37H66O3Si2. The lowest BCUT2D eigenvalue weighted by Crippen LogP contribution is -2.49. The van der Waals surface area contributed by atoms with Crippen molar-refractivity contribution in [1.82, 2.24) is 0 Å². The Balaban J connectivity index is 1.92. The van der Waals surface area contributed by atoms with Gasteiger partial charge < -0.3 is 14.0 Å². The molecule has 0 radical (unpaired) electrons. The van der Waals surface area contributed by atoms with Gasteiger partial charge in [-0.3, -0.25) is 0 Å². The third kappa shape index (κ3) is 7.55. The van der Waals surface area contributed by atoms with E-state index in [0.29, 0.717) is 24.2 Å². The lowest BCUT2D eigenvalue weighted by Gasteiger charge is -2.46. The zero-order chi connectivity index (χ0) is 31.9. The second-order valence-electron chi connectivity index (χ2n) is 17.3. The van der Waals surface area contributed by atoms with E-state index in [1.165, 1.54) is 37.7 Å². The summed E-state index contributed by atoms with van der Waals surface area (Å²) in [5.41, 5.74) is 4.34. The Bertz CT molecular complexity index is 1040. The van der Waals surface area contributed by atoms with Gasteiger partial charge in [0.05, 0.1) is 18.3 Å². The Morgan fingerprint density at radius 2 is 1.60 bits per heavy atom. The monoisotopic (exact) mass is 614 g/mol. The van der Waals surface area contributed by atoms with E-state index in [-0.39, 0.29) is 33.8 Å². The van der Waals surface area contributed by atoms with Crippen LogP contribution in [0.2, 0.25) is 36.3 Å². The van der Waals surface area contributed by atoms with E-state index in [4.69, 9.17) is 8.85 Å². The number of hydrogen-bond donors (Lipinski definition) is 1. The highest BCUT2D eigenvalue weighted by Crippen LogP contribution is 2.60. The molecular weight excluding hydrogens is 549 g/mol. The predicted octanol–water partition coefficient (Wildman–Crippen LogP) is 10.8.